The minimum absolute atomic E-state index is 0.00503. The van der Waals surface area contributed by atoms with Crippen molar-refractivity contribution >= 4 is 28.6 Å². The topological polar surface area (TPSA) is 43.5 Å². The van der Waals surface area contributed by atoms with Gasteiger partial charge >= 0.3 is 0 Å². The summed E-state index contributed by atoms with van der Waals surface area (Å²) < 4.78 is 18.4. The Labute approximate surface area is 226 Å². The molecule has 0 saturated carbocycles. The first kappa shape index (κ1) is 23.0. The molecule has 5 heteroatoms. The Kier molecular flexibility index (Phi) is 5.63. The number of H-pyrrole nitrogens is 1. The van der Waals surface area contributed by atoms with Crippen LogP contribution in [0.1, 0.15) is 45.9 Å². The molecule has 1 aromatic heterocycles. The largest absolute Gasteiger partial charge is 0.483 e. The van der Waals surface area contributed by atoms with Gasteiger partial charge in [-0.05, 0) is 41.8 Å². The third kappa shape index (κ3) is 3.84. The van der Waals surface area contributed by atoms with Crippen molar-refractivity contribution in [3.8, 4) is 17.2 Å². The highest BCUT2D eigenvalue weighted by Crippen LogP contribution is 2.55. The molecule has 0 saturated heterocycles. The molecule has 0 radical (unpaired) electrons. The average molecular weight is 520 g/mol. The van der Waals surface area contributed by atoms with Crippen LogP contribution in [0, 0.1) is 6.92 Å². The monoisotopic (exact) mass is 519 g/mol. The lowest BCUT2D eigenvalue weighted by atomic mass is 9.74. The first-order valence-corrected chi connectivity index (χ1v) is 13.2. The quantitative estimate of drug-likeness (QED) is 0.258. The van der Waals surface area contributed by atoms with Crippen molar-refractivity contribution in [2.45, 2.75) is 24.9 Å². The Bertz CT molecular complexity index is 1670. The summed E-state index contributed by atoms with van der Waals surface area (Å²) in [4.78, 5) is 3.69. The summed E-state index contributed by atoms with van der Waals surface area (Å²) in [6.45, 7) is 2.38. The molecule has 0 unspecified atom stereocenters. The normalized spacial score (nSPS) is 20.0. The molecule has 3 heterocycles. The van der Waals surface area contributed by atoms with Gasteiger partial charge in [-0.1, -0.05) is 90.5 Å². The van der Waals surface area contributed by atoms with E-state index in [-0.39, 0.29) is 24.7 Å². The van der Waals surface area contributed by atoms with Gasteiger partial charge in [0.25, 0.3) is 0 Å². The molecular weight excluding hydrogens is 494 g/mol. The minimum Gasteiger partial charge on any atom is -0.483 e. The lowest BCUT2D eigenvalue weighted by Gasteiger charge is -2.39. The summed E-state index contributed by atoms with van der Waals surface area (Å²) in [6, 6.07) is 31.0. The zero-order valence-electron chi connectivity index (χ0n) is 20.9. The van der Waals surface area contributed by atoms with Crippen LogP contribution in [0.15, 0.2) is 97.1 Å². The van der Waals surface area contributed by atoms with E-state index in [9.17, 15) is 0 Å². The number of rotatable bonds is 4. The summed E-state index contributed by atoms with van der Waals surface area (Å²) in [5.74, 6) is 2.24. The van der Waals surface area contributed by atoms with Crippen molar-refractivity contribution < 1.29 is 14.2 Å². The van der Waals surface area contributed by atoms with Gasteiger partial charge in [0.15, 0.2) is 11.5 Å². The second-order valence-electron chi connectivity index (χ2n) is 9.83. The fraction of sp³-hybridized carbons (Fsp3) is 0.152. The summed E-state index contributed by atoms with van der Waals surface area (Å²) >= 11 is 6.55. The van der Waals surface area contributed by atoms with E-state index in [2.05, 4.69) is 84.7 Å². The van der Waals surface area contributed by atoms with E-state index in [4.69, 9.17) is 25.8 Å². The Balaban J connectivity index is 1.45. The van der Waals surface area contributed by atoms with Gasteiger partial charge in [0.2, 0.25) is 6.79 Å². The maximum atomic E-state index is 6.90. The molecule has 0 fully saturated rings. The van der Waals surface area contributed by atoms with E-state index < -0.39 is 0 Å². The highest BCUT2D eigenvalue weighted by molar-refractivity contribution is 6.32. The molecule has 7 rings (SSSR count). The summed E-state index contributed by atoms with van der Waals surface area (Å²) in [5, 5.41) is 1.93. The second-order valence-corrected chi connectivity index (χ2v) is 10.2. The number of allylic oxidation sites excluding steroid dienone is 1. The number of hydrogen-bond acceptors (Lipinski definition) is 3. The molecule has 0 amide bonds. The Morgan fingerprint density at radius 1 is 0.842 bits per heavy atom. The van der Waals surface area contributed by atoms with Crippen LogP contribution < -0.4 is 14.2 Å². The molecule has 4 nitrogen and oxygen atoms in total. The van der Waals surface area contributed by atoms with Gasteiger partial charge in [-0.3, -0.25) is 0 Å². The maximum absolute atomic E-state index is 6.90. The van der Waals surface area contributed by atoms with Crippen LogP contribution in [0.3, 0.4) is 0 Å². The maximum Gasteiger partial charge on any atom is 0.231 e. The Morgan fingerprint density at radius 3 is 2.39 bits per heavy atom. The van der Waals surface area contributed by atoms with Gasteiger partial charge in [-0.2, -0.15) is 0 Å². The molecule has 2 aliphatic rings. The van der Waals surface area contributed by atoms with Crippen LogP contribution in [-0.4, -0.2) is 11.8 Å². The number of aromatic amines is 1. The molecule has 0 bridgehead atoms. The van der Waals surface area contributed by atoms with E-state index in [1.54, 1.807) is 0 Å². The number of benzene rings is 4. The molecule has 4 aromatic carbocycles. The van der Waals surface area contributed by atoms with Crippen molar-refractivity contribution in [1.29, 1.82) is 0 Å². The van der Waals surface area contributed by atoms with Crippen molar-refractivity contribution in [1.82, 2.24) is 4.98 Å². The number of para-hydroxylation sites is 1. The van der Waals surface area contributed by atoms with Crippen LogP contribution in [0.25, 0.3) is 17.0 Å². The standard InChI is InChI=1S/C33H26ClNO3/c1-20-23-12-6-8-14-27(23)35-32(20)33-31(22-10-3-2-4-11-22)24(16-15-21-9-5-7-13-26(21)34)25-17-29-30(37-19-36-29)18-28(25)38-33/h2-18,24,31,33,35H,19H2,1H3/b16-15+/t24-,31+,33+/m0/s1. The lowest BCUT2D eigenvalue weighted by Crippen LogP contribution is -2.28. The highest BCUT2D eigenvalue weighted by Gasteiger charge is 2.41. The third-order valence-electron chi connectivity index (χ3n) is 7.69. The first-order valence-electron chi connectivity index (χ1n) is 12.8. The van der Waals surface area contributed by atoms with Crippen LogP contribution in [-0.2, 0) is 0 Å². The second kappa shape index (κ2) is 9.30. The van der Waals surface area contributed by atoms with Gasteiger partial charge < -0.3 is 19.2 Å². The van der Waals surface area contributed by atoms with Gasteiger partial charge in [0.05, 0.1) is 5.69 Å². The Morgan fingerprint density at radius 2 is 1.58 bits per heavy atom. The number of ether oxygens (including phenoxy) is 3. The van der Waals surface area contributed by atoms with Gasteiger partial charge in [-0.15, -0.1) is 0 Å². The predicted octanol–water partition coefficient (Wildman–Crippen LogP) is 8.57. The molecular formula is C33H26ClNO3. The number of nitrogens with one attached hydrogen (secondary N) is 1. The first-order chi connectivity index (χ1) is 18.7. The van der Waals surface area contributed by atoms with E-state index in [1.165, 1.54) is 16.5 Å². The van der Waals surface area contributed by atoms with Crippen molar-refractivity contribution in [3.05, 3.63) is 130 Å². The van der Waals surface area contributed by atoms with Crippen LogP contribution in [0.5, 0.6) is 17.2 Å². The third-order valence-corrected chi connectivity index (χ3v) is 8.04. The van der Waals surface area contributed by atoms with Crippen LogP contribution in [0.4, 0.5) is 0 Å². The number of aromatic nitrogens is 1. The van der Waals surface area contributed by atoms with Gasteiger partial charge in [0.1, 0.15) is 11.9 Å². The number of hydrogen-bond donors (Lipinski definition) is 1. The minimum atomic E-state index is -0.251. The molecule has 0 aliphatic carbocycles. The smallest absolute Gasteiger partial charge is 0.231 e. The molecule has 1 N–H and O–H groups in total. The summed E-state index contributed by atoms with van der Waals surface area (Å²) in [7, 11) is 0. The molecule has 2 aliphatic heterocycles. The van der Waals surface area contributed by atoms with Crippen molar-refractivity contribution in [2.75, 3.05) is 6.79 Å². The van der Waals surface area contributed by atoms with E-state index in [1.807, 2.05) is 30.3 Å². The van der Waals surface area contributed by atoms with Crippen molar-refractivity contribution in [3.63, 3.8) is 0 Å². The van der Waals surface area contributed by atoms with Gasteiger partial charge in [-0.25, -0.2) is 0 Å². The molecule has 188 valence electrons. The van der Waals surface area contributed by atoms with Crippen LogP contribution in [0.2, 0.25) is 5.02 Å². The summed E-state index contributed by atoms with van der Waals surface area (Å²) in [6.07, 6.45) is 4.13. The zero-order valence-corrected chi connectivity index (χ0v) is 21.6. The number of fused-ring (bicyclic) bond motifs is 3. The molecule has 0 spiro atoms. The molecule has 5 aromatic rings. The van der Waals surface area contributed by atoms with E-state index >= 15 is 0 Å². The summed E-state index contributed by atoms with van der Waals surface area (Å²) in [5.41, 5.74) is 6.64. The Hall–Kier alpha value is -4.15. The predicted molar refractivity (Wildman–Crippen MR) is 151 cm³/mol. The fourth-order valence-corrected chi connectivity index (χ4v) is 6.02. The average Bonchev–Trinajstić information content (AvgIpc) is 3.55. The van der Waals surface area contributed by atoms with E-state index in [0.717, 1.165) is 38.9 Å². The van der Waals surface area contributed by atoms with Crippen LogP contribution >= 0.6 is 11.6 Å². The van der Waals surface area contributed by atoms with Gasteiger partial charge in [0, 0.05) is 39.4 Å². The number of aryl methyl sites for hydroxylation is 1. The molecule has 3 atom stereocenters. The zero-order chi connectivity index (χ0) is 25.6. The lowest BCUT2D eigenvalue weighted by molar-refractivity contribution is 0.138. The SMILES string of the molecule is Cc1c([C@@H]2Oc3cc4c(cc3[C@H](/C=C/c3ccccc3Cl)[C@H]2c2ccccc2)OCO4)[nH]c2ccccc12. The fourth-order valence-electron chi connectivity index (χ4n) is 5.82. The molecule has 38 heavy (non-hydrogen) atoms. The van der Waals surface area contributed by atoms with Crippen molar-refractivity contribution in [2.24, 2.45) is 0 Å². The highest BCUT2D eigenvalue weighted by atomic mass is 35.5. The van der Waals surface area contributed by atoms with E-state index in [0.29, 0.717) is 5.75 Å². The number of halogens is 1.